The maximum absolute atomic E-state index is 5.30. The molecule has 1 aliphatic heterocycles. The summed E-state index contributed by atoms with van der Waals surface area (Å²) in [6.45, 7) is 9.11. The van der Waals surface area contributed by atoms with Crippen LogP contribution in [0.3, 0.4) is 0 Å². The molecule has 2 N–H and O–H groups in total. The van der Waals surface area contributed by atoms with E-state index in [1.54, 1.807) is 0 Å². The van der Waals surface area contributed by atoms with E-state index in [1.807, 2.05) is 14.0 Å². The van der Waals surface area contributed by atoms with E-state index in [0.29, 0.717) is 0 Å². The fourth-order valence-corrected chi connectivity index (χ4v) is 2.26. The van der Waals surface area contributed by atoms with Crippen LogP contribution in [0.25, 0.3) is 0 Å². The minimum absolute atomic E-state index is 0. The molecule has 20 heavy (non-hydrogen) atoms. The minimum Gasteiger partial charge on any atom is -0.382 e. The number of ether oxygens (including phenoxy) is 1. The first kappa shape index (κ1) is 19.9. The van der Waals surface area contributed by atoms with E-state index in [9.17, 15) is 0 Å². The topological polar surface area (TPSA) is 48.9 Å². The van der Waals surface area contributed by atoms with Crippen molar-refractivity contribution in [1.29, 1.82) is 0 Å². The minimum atomic E-state index is 0. The molecule has 0 radical (unpaired) electrons. The largest absolute Gasteiger partial charge is 0.382 e. The number of hydrogen-bond donors (Lipinski definition) is 2. The Morgan fingerprint density at radius 2 is 1.85 bits per heavy atom. The van der Waals surface area contributed by atoms with Crippen molar-refractivity contribution in [1.82, 2.24) is 15.5 Å². The molecular weight excluding hydrogens is 367 g/mol. The lowest BCUT2D eigenvalue weighted by atomic mass is 10.1. The molecule has 5 nitrogen and oxygen atoms in total. The maximum atomic E-state index is 5.30. The van der Waals surface area contributed by atoms with Crippen molar-refractivity contribution < 1.29 is 4.74 Å². The molecule has 1 aliphatic rings. The Morgan fingerprint density at radius 3 is 2.50 bits per heavy atom. The van der Waals surface area contributed by atoms with Gasteiger partial charge in [0.2, 0.25) is 0 Å². The standard InChI is InChI=1S/C14H30N4O.HI/c1-3-19-13-7-8-16-14(15-2)17-9-12-18-10-5-4-6-11-18;/h3-13H2,1-2H3,(H2,15,16,17);1H. The van der Waals surface area contributed by atoms with Gasteiger partial charge in [-0.3, -0.25) is 4.99 Å². The number of guanidine groups is 1. The van der Waals surface area contributed by atoms with Crippen LogP contribution in [0.15, 0.2) is 4.99 Å². The summed E-state index contributed by atoms with van der Waals surface area (Å²) in [6.07, 6.45) is 5.11. The van der Waals surface area contributed by atoms with Crippen molar-refractivity contribution in [2.75, 3.05) is 53.0 Å². The van der Waals surface area contributed by atoms with E-state index >= 15 is 0 Å². The van der Waals surface area contributed by atoms with E-state index in [2.05, 4.69) is 20.5 Å². The second-order valence-corrected chi connectivity index (χ2v) is 4.88. The van der Waals surface area contributed by atoms with Crippen molar-refractivity contribution >= 4 is 29.9 Å². The van der Waals surface area contributed by atoms with Crippen LogP contribution in [0.2, 0.25) is 0 Å². The van der Waals surface area contributed by atoms with Gasteiger partial charge in [-0.2, -0.15) is 0 Å². The van der Waals surface area contributed by atoms with Crippen molar-refractivity contribution in [3.63, 3.8) is 0 Å². The van der Waals surface area contributed by atoms with Gasteiger partial charge in [-0.25, -0.2) is 0 Å². The summed E-state index contributed by atoms with van der Waals surface area (Å²) in [5.74, 6) is 0.897. The van der Waals surface area contributed by atoms with Crippen LogP contribution >= 0.6 is 24.0 Å². The zero-order chi connectivity index (χ0) is 13.8. The number of rotatable bonds is 8. The van der Waals surface area contributed by atoms with Crippen molar-refractivity contribution in [3.05, 3.63) is 0 Å². The molecule has 0 aromatic heterocycles. The molecule has 0 atom stereocenters. The first-order valence-electron chi connectivity index (χ1n) is 7.61. The summed E-state index contributed by atoms with van der Waals surface area (Å²) in [4.78, 5) is 6.75. The van der Waals surface area contributed by atoms with E-state index in [4.69, 9.17) is 4.74 Å². The lowest BCUT2D eigenvalue weighted by molar-refractivity contribution is 0.145. The third-order valence-electron chi connectivity index (χ3n) is 3.35. The summed E-state index contributed by atoms with van der Waals surface area (Å²) in [7, 11) is 1.82. The average molecular weight is 398 g/mol. The molecule has 1 heterocycles. The van der Waals surface area contributed by atoms with Crippen LogP contribution in [0, 0.1) is 0 Å². The third-order valence-corrected chi connectivity index (χ3v) is 3.35. The van der Waals surface area contributed by atoms with Crippen molar-refractivity contribution in [2.45, 2.75) is 32.6 Å². The van der Waals surface area contributed by atoms with Gasteiger partial charge < -0.3 is 20.3 Å². The molecule has 0 aliphatic carbocycles. The highest BCUT2D eigenvalue weighted by Gasteiger charge is 2.09. The predicted molar refractivity (Wildman–Crippen MR) is 96.2 cm³/mol. The Kier molecular flexibility index (Phi) is 13.8. The molecule has 0 spiro atoms. The molecule has 1 fully saturated rings. The van der Waals surface area contributed by atoms with Gasteiger partial charge in [-0.05, 0) is 39.3 Å². The van der Waals surface area contributed by atoms with Gasteiger partial charge in [0.25, 0.3) is 0 Å². The lowest BCUT2D eigenvalue weighted by Gasteiger charge is -2.26. The number of piperidine rings is 1. The van der Waals surface area contributed by atoms with E-state index in [-0.39, 0.29) is 24.0 Å². The molecule has 0 saturated carbocycles. The molecular formula is C14H31IN4O. The quantitative estimate of drug-likeness (QED) is 0.283. The van der Waals surface area contributed by atoms with Crippen LogP contribution in [-0.4, -0.2) is 63.8 Å². The number of halogens is 1. The van der Waals surface area contributed by atoms with Crippen LogP contribution in [0.1, 0.15) is 32.6 Å². The summed E-state index contributed by atoms with van der Waals surface area (Å²) >= 11 is 0. The van der Waals surface area contributed by atoms with E-state index in [0.717, 1.165) is 45.2 Å². The fourth-order valence-electron chi connectivity index (χ4n) is 2.26. The highest BCUT2D eigenvalue weighted by molar-refractivity contribution is 14.0. The lowest BCUT2D eigenvalue weighted by Crippen LogP contribution is -2.43. The Hall–Kier alpha value is -0.0800. The number of hydrogen-bond acceptors (Lipinski definition) is 3. The molecule has 0 unspecified atom stereocenters. The Morgan fingerprint density at radius 1 is 1.15 bits per heavy atom. The zero-order valence-electron chi connectivity index (χ0n) is 13.0. The third kappa shape index (κ3) is 9.77. The Bertz CT molecular complexity index is 245. The molecule has 1 rings (SSSR count). The molecule has 1 saturated heterocycles. The second kappa shape index (κ2) is 13.9. The summed E-state index contributed by atoms with van der Waals surface area (Å²) < 4.78 is 5.30. The van der Waals surface area contributed by atoms with Gasteiger partial charge in [0.15, 0.2) is 5.96 Å². The normalized spacial score (nSPS) is 16.6. The van der Waals surface area contributed by atoms with Crippen LogP contribution < -0.4 is 10.6 Å². The van der Waals surface area contributed by atoms with Crippen LogP contribution in [0.5, 0.6) is 0 Å². The fraction of sp³-hybridized carbons (Fsp3) is 0.929. The Labute approximate surface area is 140 Å². The van der Waals surface area contributed by atoms with E-state index in [1.165, 1.54) is 32.4 Å². The van der Waals surface area contributed by atoms with Crippen LogP contribution in [0.4, 0.5) is 0 Å². The monoisotopic (exact) mass is 398 g/mol. The number of nitrogens with one attached hydrogen (secondary N) is 2. The Balaban J connectivity index is 0.00000361. The second-order valence-electron chi connectivity index (χ2n) is 4.88. The smallest absolute Gasteiger partial charge is 0.191 e. The highest BCUT2D eigenvalue weighted by Crippen LogP contribution is 2.07. The van der Waals surface area contributed by atoms with Crippen molar-refractivity contribution in [3.8, 4) is 0 Å². The zero-order valence-corrected chi connectivity index (χ0v) is 15.3. The maximum Gasteiger partial charge on any atom is 0.191 e. The summed E-state index contributed by atoms with van der Waals surface area (Å²) in [6, 6.07) is 0. The van der Waals surface area contributed by atoms with Gasteiger partial charge in [-0.1, -0.05) is 6.42 Å². The predicted octanol–water partition coefficient (Wildman–Crippen LogP) is 1.68. The highest BCUT2D eigenvalue weighted by atomic mass is 127. The first-order valence-corrected chi connectivity index (χ1v) is 7.61. The van der Waals surface area contributed by atoms with Crippen molar-refractivity contribution in [2.24, 2.45) is 4.99 Å². The van der Waals surface area contributed by atoms with Gasteiger partial charge in [0, 0.05) is 39.9 Å². The van der Waals surface area contributed by atoms with Gasteiger partial charge in [-0.15, -0.1) is 24.0 Å². The molecule has 6 heteroatoms. The summed E-state index contributed by atoms with van der Waals surface area (Å²) in [5, 5.41) is 6.67. The molecule has 0 aromatic carbocycles. The molecule has 0 amide bonds. The molecule has 120 valence electrons. The SMILES string of the molecule is CCOCCCNC(=NC)NCCN1CCCCC1.I. The molecule has 0 aromatic rings. The number of aliphatic imine (C=N–C) groups is 1. The molecule has 0 bridgehead atoms. The van der Waals surface area contributed by atoms with Gasteiger partial charge in [0.1, 0.15) is 0 Å². The average Bonchev–Trinajstić information content (AvgIpc) is 2.46. The van der Waals surface area contributed by atoms with E-state index < -0.39 is 0 Å². The summed E-state index contributed by atoms with van der Waals surface area (Å²) in [5.41, 5.74) is 0. The van der Waals surface area contributed by atoms with Gasteiger partial charge >= 0.3 is 0 Å². The van der Waals surface area contributed by atoms with Crippen LogP contribution in [-0.2, 0) is 4.74 Å². The first-order chi connectivity index (χ1) is 9.36. The number of nitrogens with zero attached hydrogens (tertiary/aromatic N) is 2. The number of likely N-dealkylation sites (tertiary alicyclic amines) is 1. The van der Waals surface area contributed by atoms with Gasteiger partial charge in [0.05, 0.1) is 0 Å².